The van der Waals surface area contributed by atoms with Gasteiger partial charge in [-0.05, 0) is 52.9 Å². The van der Waals surface area contributed by atoms with Crippen LogP contribution in [0, 0.1) is 3.57 Å². The van der Waals surface area contributed by atoms with Crippen LogP contribution in [0.3, 0.4) is 0 Å². The Morgan fingerprint density at radius 2 is 2.00 bits per heavy atom. The van der Waals surface area contributed by atoms with E-state index in [0.29, 0.717) is 11.0 Å². The molecule has 0 saturated heterocycles. The van der Waals surface area contributed by atoms with E-state index < -0.39 is 5.97 Å². The van der Waals surface area contributed by atoms with Gasteiger partial charge in [0.15, 0.2) is 0 Å². The summed E-state index contributed by atoms with van der Waals surface area (Å²) in [5.74, 6) is -0.961. The van der Waals surface area contributed by atoms with E-state index in [4.69, 9.17) is 5.11 Å². The summed E-state index contributed by atoms with van der Waals surface area (Å²) in [6, 6.07) is 12.5. The number of carboxylic acids is 1. The molecule has 0 aliphatic carbocycles. The van der Waals surface area contributed by atoms with Gasteiger partial charge in [0.25, 0.3) is 0 Å². The minimum atomic E-state index is -0.961. The van der Waals surface area contributed by atoms with Crippen molar-refractivity contribution in [1.82, 2.24) is 15.0 Å². The fourth-order valence-corrected chi connectivity index (χ4v) is 2.47. The third-order valence-corrected chi connectivity index (χ3v) is 3.69. The zero-order chi connectivity index (χ0) is 13.4. The summed E-state index contributed by atoms with van der Waals surface area (Å²) in [7, 11) is 0. The SMILES string of the molecule is O=C(O)c1ccc2nnn(-c3ccccc3I)c2c1. The van der Waals surface area contributed by atoms with Gasteiger partial charge >= 0.3 is 5.97 Å². The number of fused-ring (bicyclic) bond motifs is 1. The highest BCUT2D eigenvalue weighted by atomic mass is 127. The van der Waals surface area contributed by atoms with Crippen LogP contribution in [-0.4, -0.2) is 26.1 Å². The average molecular weight is 365 g/mol. The monoisotopic (exact) mass is 365 g/mol. The van der Waals surface area contributed by atoms with Gasteiger partial charge in [-0.25, -0.2) is 9.48 Å². The number of aromatic nitrogens is 3. The number of carboxylic acid groups (broad SMARTS) is 1. The molecular weight excluding hydrogens is 357 g/mol. The lowest BCUT2D eigenvalue weighted by Crippen LogP contribution is -2.00. The van der Waals surface area contributed by atoms with Crippen LogP contribution in [0.2, 0.25) is 0 Å². The Bertz CT molecular complexity index is 782. The summed E-state index contributed by atoms with van der Waals surface area (Å²) in [6.07, 6.45) is 0. The van der Waals surface area contributed by atoms with Crippen molar-refractivity contribution in [1.29, 1.82) is 0 Å². The average Bonchev–Trinajstić information content (AvgIpc) is 2.82. The summed E-state index contributed by atoms with van der Waals surface area (Å²) in [6.45, 7) is 0. The fourth-order valence-electron chi connectivity index (χ4n) is 1.85. The van der Waals surface area contributed by atoms with Gasteiger partial charge in [0, 0.05) is 3.57 Å². The van der Waals surface area contributed by atoms with Crippen LogP contribution in [0.4, 0.5) is 0 Å². The minimum absolute atomic E-state index is 0.224. The maximum absolute atomic E-state index is 11.0. The van der Waals surface area contributed by atoms with E-state index in [9.17, 15) is 4.79 Å². The van der Waals surface area contributed by atoms with Crippen LogP contribution in [0.1, 0.15) is 10.4 Å². The lowest BCUT2D eigenvalue weighted by molar-refractivity contribution is 0.0697. The molecule has 0 aliphatic rings. The molecule has 5 nitrogen and oxygen atoms in total. The van der Waals surface area contributed by atoms with Gasteiger partial charge < -0.3 is 5.11 Å². The maximum atomic E-state index is 11.0. The van der Waals surface area contributed by atoms with Gasteiger partial charge in [-0.2, -0.15) is 0 Å². The van der Waals surface area contributed by atoms with Crippen molar-refractivity contribution in [3.05, 3.63) is 51.6 Å². The Morgan fingerprint density at radius 3 is 2.74 bits per heavy atom. The largest absolute Gasteiger partial charge is 0.478 e. The Hall–Kier alpha value is -1.96. The number of carbonyl (C=O) groups is 1. The summed E-state index contributed by atoms with van der Waals surface area (Å²) < 4.78 is 2.68. The molecule has 0 atom stereocenters. The normalized spacial score (nSPS) is 10.8. The van der Waals surface area contributed by atoms with Crippen molar-refractivity contribution in [3.63, 3.8) is 0 Å². The zero-order valence-corrected chi connectivity index (χ0v) is 11.8. The summed E-state index contributed by atoms with van der Waals surface area (Å²) in [5.41, 5.74) is 2.46. The molecule has 0 spiro atoms. The molecule has 1 N–H and O–H groups in total. The van der Waals surface area contributed by atoms with Gasteiger partial charge in [0.2, 0.25) is 0 Å². The first-order valence-electron chi connectivity index (χ1n) is 5.50. The Balaban J connectivity index is 2.27. The Morgan fingerprint density at radius 1 is 1.21 bits per heavy atom. The molecule has 2 aromatic carbocycles. The van der Waals surface area contributed by atoms with Crippen molar-refractivity contribution in [2.75, 3.05) is 0 Å². The van der Waals surface area contributed by atoms with Crippen LogP contribution in [0.15, 0.2) is 42.5 Å². The highest BCUT2D eigenvalue weighted by Crippen LogP contribution is 2.21. The number of halogens is 1. The standard InChI is InChI=1S/C13H8IN3O2/c14-9-3-1-2-4-11(9)17-12-7-8(13(18)19)5-6-10(12)15-16-17/h1-7H,(H,18,19). The molecule has 0 fully saturated rings. The van der Waals surface area contributed by atoms with E-state index in [2.05, 4.69) is 32.9 Å². The smallest absolute Gasteiger partial charge is 0.335 e. The van der Waals surface area contributed by atoms with E-state index in [1.807, 2.05) is 24.3 Å². The number of hydrogen-bond acceptors (Lipinski definition) is 3. The molecule has 1 heterocycles. The second-order valence-corrected chi connectivity index (χ2v) is 5.12. The number of aromatic carboxylic acids is 1. The third kappa shape index (κ3) is 2.07. The molecule has 19 heavy (non-hydrogen) atoms. The molecule has 0 unspecified atom stereocenters. The number of rotatable bonds is 2. The zero-order valence-electron chi connectivity index (χ0n) is 9.62. The number of nitrogens with zero attached hydrogens (tertiary/aromatic N) is 3. The van der Waals surface area contributed by atoms with Crippen LogP contribution in [-0.2, 0) is 0 Å². The van der Waals surface area contributed by atoms with E-state index in [1.165, 1.54) is 6.07 Å². The second-order valence-electron chi connectivity index (χ2n) is 3.96. The van der Waals surface area contributed by atoms with E-state index in [1.54, 1.807) is 16.8 Å². The number of benzene rings is 2. The lowest BCUT2D eigenvalue weighted by Gasteiger charge is -2.04. The molecule has 0 amide bonds. The summed E-state index contributed by atoms with van der Waals surface area (Å²) in [5, 5.41) is 17.2. The first-order valence-corrected chi connectivity index (χ1v) is 6.58. The molecule has 3 rings (SSSR count). The lowest BCUT2D eigenvalue weighted by atomic mass is 10.2. The molecule has 3 aromatic rings. The van der Waals surface area contributed by atoms with Crippen molar-refractivity contribution >= 4 is 39.6 Å². The van der Waals surface area contributed by atoms with Gasteiger partial charge in [-0.15, -0.1) is 5.10 Å². The fraction of sp³-hybridized carbons (Fsp3) is 0. The third-order valence-electron chi connectivity index (χ3n) is 2.77. The maximum Gasteiger partial charge on any atom is 0.335 e. The van der Waals surface area contributed by atoms with Crippen LogP contribution >= 0.6 is 22.6 Å². The summed E-state index contributed by atoms with van der Waals surface area (Å²) in [4.78, 5) is 11.0. The predicted octanol–water partition coefficient (Wildman–Crippen LogP) is 2.72. The predicted molar refractivity (Wildman–Crippen MR) is 78.5 cm³/mol. The van der Waals surface area contributed by atoms with E-state index >= 15 is 0 Å². The minimum Gasteiger partial charge on any atom is -0.478 e. The molecule has 0 aliphatic heterocycles. The van der Waals surface area contributed by atoms with Crippen molar-refractivity contribution < 1.29 is 9.90 Å². The van der Waals surface area contributed by atoms with Crippen molar-refractivity contribution in [2.24, 2.45) is 0 Å². The molecule has 0 radical (unpaired) electrons. The first-order chi connectivity index (χ1) is 9.16. The summed E-state index contributed by atoms with van der Waals surface area (Å²) >= 11 is 2.21. The van der Waals surface area contributed by atoms with Gasteiger partial charge in [0.05, 0.1) is 16.8 Å². The van der Waals surface area contributed by atoms with Crippen LogP contribution < -0.4 is 0 Å². The van der Waals surface area contributed by atoms with Crippen molar-refractivity contribution in [3.8, 4) is 5.69 Å². The highest BCUT2D eigenvalue weighted by Gasteiger charge is 2.11. The quantitative estimate of drug-likeness (QED) is 0.710. The highest BCUT2D eigenvalue weighted by molar-refractivity contribution is 14.1. The Kier molecular flexibility index (Phi) is 2.94. The topological polar surface area (TPSA) is 68.0 Å². The van der Waals surface area contributed by atoms with Crippen LogP contribution in [0.5, 0.6) is 0 Å². The molecule has 6 heteroatoms. The number of hydrogen-bond donors (Lipinski definition) is 1. The molecule has 0 bridgehead atoms. The second kappa shape index (κ2) is 4.61. The first kappa shape index (κ1) is 12.1. The Labute approximate surface area is 122 Å². The van der Waals surface area contributed by atoms with E-state index in [0.717, 1.165) is 9.26 Å². The number of para-hydroxylation sites is 1. The van der Waals surface area contributed by atoms with Gasteiger partial charge in [0.1, 0.15) is 5.52 Å². The van der Waals surface area contributed by atoms with E-state index in [-0.39, 0.29) is 5.56 Å². The molecular formula is C13H8IN3O2. The van der Waals surface area contributed by atoms with Gasteiger partial charge in [-0.1, -0.05) is 17.3 Å². The van der Waals surface area contributed by atoms with Crippen molar-refractivity contribution in [2.45, 2.75) is 0 Å². The van der Waals surface area contributed by atoms with Crippen LogP contribution in [0.25, 0.3) is 16.7 Å². The van der Waals surface area contributed by atoms with Gasteiger partial charge in [-0.3, -0.25) is 0 Å². The molecule has 1 aromatic heterocycles. The molecule has 0 saturated carbocycles. The molecule has 94 valence electrons.